The van der Waals surface area contributed by atoms with Gasteiger partial charge in [0.15, 0.2) is 0 Å². The van der Waals surface area contributed by atoms with E-state index >= 15 is 0 Å². The van der Waals surface area contributed by atoms with E-state index in [0.717, 1.165) is 31.1 Å². The lowest BCUT2D eigenvalue weighted by Crippen LogP contribution is -2.40. The van der Waals surface area contributed by atoms with Gasteiger partial charge < -0.3 is 5.32 Å². The maximum absolute atomic E-state index is 6.26. The number of hydrogen-bond acceptors (Lipinski definition) is 2. The fraction of sp³-hybridized carbons (Fsp3) is 0.600. The Morgan fingerprint density at radius 1 is 1.44 bits per heavy atom. The Morgan fingerprint density at radius 2 is 2.33 bits per heavy atom. The van der Waals surface area contributed by atoms with Gasteiger partial charge in [-0.1, -0.05) is 30.7 Å². The number of hydrogen-bond donors (Lipinski definition) is 1. The van der Waals surface area contributed by atoms with Gasteiger partial charge in [-0.15, -0.1) is 0 Å². The van der Waals surface area contributed by atoms with Gasteiger partial charge in [0.05, 0.1) is 0 Å². The lowest BCUT2D eigenvalue weighted by molar-refractivity contribution is 0.164. The minimum Gasteiger partial charge on any atom is -0.316 e. The van der Waals surface area contributed by atoms with Crippen molar-refractivity contribution in [1.82, 2.24) is 10.2 Å². The van der Waals surface area contributed by atoms with Crippen LogP contribution in [0.4, 0.5) is 0 Å². The second-order valence-corrected chi connectivity index (χ2v) is 6.48. The van der Waals surface area contributed by atoms with Gasteiger partial charge in [0.2, 0.25) is 0 Å². The maximum atomic E-state index is 6.26. The van der Waals surface area contributed by atoms with Crippen molar-refractivity contribution >= 4 is 11.6 Å². The van der Waals surface area contributed by atoms with Crippen molar-refractivity contribution in [3.8, 4) is 0 Å². The van der Waals surface area contributed by atoms with Crippen LogP contribution >= 0.6 is 11.6 Å². The van der Waals surface area contributed by atoms with Crippen LogP contribution in [-0.2, 0) is 13.0 Å². The van der Waals surface area contributed by atoms with E-state index in [0.29, 0.717) is 5.41 Å². The highest BCUT2D eigenvalue weighted by molar-refractivity contribution is 6.31. The summed E-state index contributed by atoms with van der Waals surface area (Å²) in [5, 5.41) is 4.43. The highest BCUT2D eigenvalue weighted by Crippen LogP contribution is 2.30. The van der Waals surface area contributed by atoms with Crippen LogP contribution in [0.2, 0.25) is 5.02 Å². The molecule has 2 aliphatic heterocycles. The molecule has 3 heteroatoms. The van der Waals surface area contributed by atoms with Crippen molar-refractivity contribution in [3.05, 3.63) is 34.3 Å². The fourth-order valence-electron chi connectivity index (χ4n) is 3.30. The van der Waals surface area contributed by atoms with E-state index in [2.05, 4.69) is 29.3 Å². The average molecular weight is 265 g/mol. The van der Waals surface area contributed by atoms with Gasteiger partial charge in [-0.2, -0.15) is 0 Å². The molecule has 0 saturated carbocycles. The molecule has 1 aromatic rings. The van der Waals surface area contributed by atoms with Gasteiger partial charge in [0.25, 0.3) is 0 Å². The highest BCUT2D eigenvalue weighted by Gasteiger charge is 2.31. The highest BCUT2D eigenvalue weighted by atomic mass is 35.5. The molecule has 0 spiro atoms. The molecule has 0 radical (unpaired) electrons. The average Bonchev–Trinajstić information content (AvgIpc) is 2.76. The standard InChI is InChI=1S/C15H21ClN2/c1-15(6-7-17-10-15)11-18-8-5-13-12(9-18)3-2-4-14(13)16/h2-4,17H,5-11H2,1H3. The molecule has 2 heterocycles. The second-order valence-electron chi connectivity index (χ2n) is 6.08. The summed E-state index contributed by atoms with van der Waals surface area (Å²) in [6.45, 7) is 8.14. The number of halogens is 1. The van der Waals surface area contributed by atoms with Gasteiger partial charge in [-0.3, -0.25) is 4.90 Å². The Balaban J connectivity index is 1.71. The second kappa shape index (κ2) is 4.84. The monoisotopic (exact) mass is 264 g/mol. The van der Waals surface area contributed by atoms with Gasteiger partial charge in [0, 0.05) is 31.2 Å². The molecule has 1 saturated heterocycles. The molecule has 3 rings (SSSR count). The summed E-state index contributed by atoms with van der Waals surface area (Å²) in [4.78, 5) is 2.59. The summed E-state index contributed by atoms with van der Waals surface area (Å²) in [5.41, 5.74) is 3.24. The predicted molar refractivity (Wildman–Crippen MR) is 76.0 cm³/mol. The Bertz CT molecular complexity index is 438. The quantitative estimate of drug-likeness (QED) is 0.884. The minimum absolute atomic E-state index is 0.454. The third kappa shape index (κ3) is 2.42. The number of fused-ring (bicyclic) bond motifs is 1. The Kier molecular flexibility index (Phi) is 3.35. The number of nitrogens with one attached hydrogen (secondary N) is 1. The lowest BCUT2D eigenvalue weighted by atomic mass is 9.88. The van der Waals surface area contributed by atoms with Crippen LogP contribution in [0.3, 0.4) is 0 Å². The molecule has 1 atom stereocenters. The van der Waals surface area contributed by atoms with Crippen LogP contribution in [0.1, 0.15) is 24.5 Å². The maximum Gasteiger partial charge on any atom is 0.0441 e. The zero-order chi connectivity index (χ0) is 12.6. The normalized spacial score (nSPS) is 28.3. The topological polar surface area (TPSA) is 15.3 Å². The van der Waals surface area contributed by atoms with E-state index in [1.165, 1.54) is 30.6 Å². The van der Waals surface area contributed by atoms with E-state index in [-0.39, 0.29) is 0 Å². The van der Waals surface area contributed by atoms with Crippen LogP contribution in [-0.4, -0.2) is 31.1 Å². The molecule has 0 aliphatic carbocycles. The molecule has 2 aliphatic rings. The molecular weight excluding hydrogens is 244 g/mol. The van der Waals surface area contributed by atoms with Gasteiger partial charge in [-0.05, 0) is 42.0 Å². The van der Waals surface area contributed by atoms with Gasteiger partial charge in [0.1, 0.15) is 0 Å². The molecule has 18 heavy (non-hydrogen) atoms. The SMILES string of the molecule is CC1(CN2CCc3c(Cl)cccc3C2)CCNC1. The molecule has 1 fully saturated rings. The van der Waals surface area contributed by atoms with E-state index in [4.69, 9.17) is 11.6 Å². The van der Waals surface area contributed by atoms with Crippen molar-refractivity contribution in [3.63, 3.8) is 0 Å². The van der Waals surface area contributed by atoms with Gasteiger partial charge >= 0.3 is 0 Å². The molecule has 2 nitrogen and oxygen atoms in total. The molecule has 1 aromatic carbocycles. The van der Waals surface area contributed by atoms with Crippen LogP contribution < -0.4 is 5.32 Å². The molecule has 0 amide bonds. The first kappa shape index (κ1) is 12.5. The fourth-order valence-corrected chi connectivity index (χ4v) is 3.59. The summed E-state index contributed by atoms with van der Waals surface area (Å²) in [6.07, 6.45) is 2.39. The smallest absolute Gasteiger partial charge is 0.0441 e. The third-order valence-electron chi connectivity index (χ3n) is 4.35. The van der Waals surface area contributed by atoms with Crippen molar-refractivity contribution in [2.24, 2.45) is 5.41 Å². The first-order valence-electron chi connectivity index (χ1n) is 6.86. The largest absolute Gasteiger partial charge is 0.316 e. The van der Waals surface area contributed by atoms with Crippen molar-refractivity contribution in [1.29, 1.82) is 0 Å². The Morgan fingerprint density at radius 3 is 3.11 bits per heavy atom. The molecule has 0 aromatic heterocycles. The lowest BCUT2D eigenvalue weighted by Gasteiger charge is -2.35. The summed E-state index contributed by atoms with van der Waals surface area (Å²) in [5.74, 6) is 0. The van der Waals surface area contributed by atoms with E-state index in [9.17, 15) is 0 Å². The summed E-state index contributed by atoms with van der Waals surface area (Å²) >= 11 is 6.26. The van der Waals surface area contributed by atoms with Gasteiger partial charge in [-0.25, -0.2) is 0 Å². The van der Waals surface area contributed by atoms with Crippen molar-refractivity contribution < 1.29 is 0 Å². The molecule has 1 unspecified atom stereocenters. The summed E-state index contributed by atoms with van der Waals surface area (Å²) < 4.78 is 0. The van der Waals surface area contributed by atoms with Crippen LogP contribution in [0.25, 0.3) is 0 Å². The number of benzene rings is 1. The van der Waals surface area contributed by atoms with E-state index in [1.807, 2.05) is 6.07 Å². The first-order chi connectivity index (χ1) is 8.66. The van der Waals surface area contributed by atoms with E-state index in [1.54, 1.807) is 0 Å². The predicted octanol–water partition coefficient (Wildman–Crippen LogP) is 2.70. The molecule has 0 bridgehead atoms. The zero-order valence-electron chi connectivity index (χ0n) is 11.0. The number of nitrogens with zero attached hydrogens (tertiary/aromatic N) is 1. The zero-order valence-corrected chi connectivity index (χ0v) is 11.8. The van der Waals surface area contributed by atoms with Crippen LogP contribution in [0.15, 0.2) is 18.2 Å². The van der Waals surface area contributed by atoms with Crippen LogP contribution in [0, 0.1) is 5.41 Å². The third-order valence-corrected chi connectivity index (χ3v) is 4.70. The summed E-state index contributed by atoms with van der Waals surface area (Å²) in [7, 11) is 0. The Labute approximate surface area is 114 Å². The minimum atomic E-state index is 0.454. The van der Waals surface area contributed by atoms with Crippen molar-refractivity contribution in [2.75, 3.05) is 26.2 Å². The Hall–Kier alpha value is -0.570. The van der Waals surface area contributed by atoms with E-state index < -0.39 is 0 Å². The first-order valence-corrected chi connectivity index (χ1v) is 7.23. The van der Waals surface area contributed by atoms with Crippen LogP contribution in [0.5, 0.6) is 0 Å². The molecule has 98 valence electrons. The summed E-state index contributed by atoms with van der Waals surface area (Å²) in [6, 6.07) is 6.31. The number of rotatable bonds is 2. The molecular formula is C15H21ClN2. The van der Waals surface area contributed by atoms with Crippen molar-refractivity contribution in [2.45, 2.75) is 26.3 Å². The molecule has 1 N–H and O–H groups in total.